The lowest BCUT2D eigenvalue weighted by Gasteiger charge is -2.38. The van der Waals surface area contributed by atoms with Crippen LogP contribution in [0.3, 0.4) is 0 Å². The molecule has 23 heavy (non-hydrogen) atoms. The van der Waals surface area contributed by atoms with Gasteiger partial charge in [0.15, 0.2) is 0 Å². The largest absolute Gasteiger partial charge is 0.495 e. The highest BCUT2D eigenvalue weighted by Gasteiger charge is 2.36. The van der Waals surface area contributed by atoms with Crippen molar-refractivity contribution in [3.8, 4) is 5.75 Å². The molecule has 0 aliphatic heterocycles. The molecule has 1 saturated carbocycles. The van der Waals surface area contributed by atoms with Crippen LogP contribution in [0.25, 0.3) is 0 Å². The fourth-order valence-corrected chi connectivity index (χ4v) is 2.70. The first-order valence-electron chi connectivity index (χ1n) is 7.23. The molecule has 8 heteroatoms. The van der Waals surface area contributed by atoms with E-state index in [0.717, 1.165) is 11.6 Å². The number of hydrogen-bond acceptors (Lipinski definition) is 6. The van der Waals surface area contributed by atoms with Gasteiger partial charge in [-0.1, -0.05) is 0 Å². The van der Waals surface area contributed by atoms with Gasteiger partial charge in [-0.05, 0) is 30.4 Å². The number of aromatic nitrogens is 2. The molecule has 0 bridgehead atoms. The molecule has 0 saturated heterocycles. The van der Waals surface area contributed by atoms with Crippen LogP contribution in [0.5, 0.6) is 5.75 Å². The first-order valence-corrected chi connectivity index (χ1v) is 7.23. The molecular weight excluding hydrogens is 302 g/mol. The summed E-state index contributed by atoms with van der Waals surface area (Å²) in [7, 11) is 1.54. The first-order chi connectivity index (χ1) is 11.1. The molecule has 8 nitrogen and oxygen atoms in total. The highest BCUT2D eigenvalue weighted by atomic mass is 16.5. The molecule has 1 aliphatic carbocycles. The Morgan fingerprint density at radius 1 is 1.48 bits per heavy atom. The zero-order chi connectivity index (χ0) is 16.4. The number of aromatic amines is 1. The van der Waals surface area contributed by atoms with Crippen LogP contribution in [-0.4, -0.2) is 34.4 Å². The quantitative estimate of drug-likeness (QED) is 0.743. The third-order valence-electron chi connectivity index (χ3n) is 3.98. The molecule has 2 aromatic rings. The van der Waals surface area contributed by atoms with Crippen molar-refractivity contribution in [3.05, 3.63) is 46.2 Å². The maximum absolute atomic E-state index is 12.2. The minimum absolute atomic E-state index is 0.0773. The molecule has 0 unspecified atom stereocenters. The van der Waals surface area contributed by atoms with Gasteiger partial charge in [0.05, 0.1) is 31.5 Å². The molecule has 1 aliphatic rings. The number of carbonyl (C=O) groups is 1. The average molecular weight is 319 g/mol. The lowest BCUT2D eigenvalue weighted by Crippen LogP contribution is -2.41. The number of aliphatic hydroxyl groups excluding tert-OH is 1. The maximum Gasteiger partial charge on any atom is 0.290 e. The lowest BCUT2D eigenvalue weighted by atomic mass is 9.75. The van der Waals surface area contributed by atoms with Gasteiger partial charge in [-0.15, -0.1) is 0 Å². The number of methoxy groups -OCH3 is 1. The Labute approximate surface area is 131 Å². The Kier molecular flexibility index (Phi) is 4.16. The molecule has 3 N–H and O–H groups in total. The number of carbonyl (C=O) groups excluding carboxylic acids is 1. The predicted molar refractivity (Wildman–Crippen MR) is 79.1 cm³/mol. The van der Waals surface area contributed by atoms with Gasteiger partial charge in [-0.25, -0.2) is 0 Å². The van der Waals surface area contributed by atoms with E-state index in [1.165, 1.54) is 7.11 Å². The Morgan fingerprint density at radius 3 is 2.87 bits per heavy atom. The summed E-state index contributed by atoms with van der Waals surface area (Å²) in [4.78, 5) is 27.4. The minimum atomic E-state index is -0.502. The molecule has 0 radical (unpaired) electrons. The van der Waals surface area contributed by atoms with Crippen LogP contribution in [0.15, 0.2) is 33.8 Å². The van der Waals surface area contributed by atoms with Gasteiger partial charge in [0.2, 0.25) is 5.76 Å². The number of amides is 1. The van der Waals surface area contributed by atoms with Crippen LogP contribution in [0, 0.1) is 5.92 Å². The number of ether oxygens (including phenoxy) is 1. The minimum Gasteiger partial charge on any atom is -0.495 e. The number of hydrogen-bond donors (Lipinski definition) is 3. The van der Waals surface area contributed by atoms with Gasteiger partial charge < -0.3 is 19.7 Å². The summed E-state index contributed by atoms with van der Waals surface area (Å²) in [5.41, 5.74) is 0.293. The monoisotopic (exact) mass is 319 g/mol. The molecule has 1 fully saturated rings. The summed E-state index contributed by atoms with van der Waals surface area (Å²) in [6.45, 7) is 0. The third-order valence-corrected chi connectivity index (χ3v) is 3.98. The van der Waals surface area contributed by atoms with E-state index in [-0.39, 0.29) is 23.8 Å². The molecule has 1 atom stereocenters. The number of H-pyrrole nitrogens is 1. The Morgan fingerprint density at radius 2 is 2.26 bits per heavy atom. The van der Waals surface area contributed by atoms with Crippen molar-refractivity contribution in [2.75, 3.05) is 7.11 Å². The highest BCUT2D eigenvalue weighted by molar-refractivity contribution is 5.91. The normalized spacial score (nSPS) is 21.3. The van der Waals surface area contributed by atoms with Crippen LogP contribution in [0.4, 0.5) is 0 Å². The van der Waals surface area contributed by atoms with Crippen molar-refractivity contribution in [3.63, 3.8) is 0 Å². The van der Waals surface area contributed by atoms with Crippen molar-refractivity contribution in [2.24, 2.45) is 5.92 Å². The van der Waals surface area contributed by atoms with E-state index in [1.54, 1.807) is 18.5 Å². The van der Waals surface area contributed by atoms with Gasteiger partial charge in [0, 0.05) is 6.20 Å². The van der Waals surface area contributed by atoms with Crippen LogP contribution in [0.1, 0.15) is 35.0 Å². The lowest BCUT2D eigenvalue weighted by molar-refractivity contribution is 0.0230. The first kappa shape index (κ1) is 15.3. The van der Waals surface area contributed by atoms with E-state index >= 15 is 0 Å². The van der Waals surface area contributed by atoms with Gasteiger partial charge in [0.25, 0.3) is 11.5 Å². The molecule has 0 spiro atoms. The van der Waals surface area contributed by atoms with E-state index in [2.05, 4.69) is 15.5 Å². The second-order valence-electron chi connectivity index (χ2n) is 5.57. The summed E-state index contributed by atoms with van der Waals surface area (Å²) in [5.74, 6) is 0.0663. The van der Waals surface area contributed by atoms with Crippen molar-refractivity contribution >= 4 is 5.91 Å². The predicted octanol–water partition coefficient (Wildman–Crippen LogP) is 0.613. The van der Waals surface area contributed by atoms with E-state index in [1.807, 2.05) is 0 Å². The van der Waals surface area contributed by atoms with Crippen LogP contribution in [0.2, 0.25) is 0 Å². The number of rotatable bonds is 5. The molecule has 2 aromatic heterocycles. The van der Waals surface area contributed by atoms with Crippen molar-refractivity contribution in [2.45, 2.75) is 25.0 Å². The van der Waals surface area contributed by atoms with Crippen molar-refractivity contribution in [1.82, 2.24) is 15.5 Å². The zero-order valence-corrected chi connectivity index (χ0v) is 12.5. The number of pyridine rings is 1. The van der Waals surface area contributed by atoms with Crippen LogP contribution in [-0.2, 0) is 0 Å². The Hall–Kier alpha value is -2.61. The summed E-state index contributed by atoms with van der Waals surface area (Å²) >= 11 is 0. The maximum atomic E-state index is 12.2. The third kappa shape index (κ3) is 3.26. The van der Waals surface area contributed by atoms with Crippen molar-refractivity contribution in [1.29, 1.82) is 0 Å². The second kappa shape index (κ2) is 6.25. The van der Waals surface area contributed by atoms with E-state index in [4.69, 9.17) is 9.26 Å². The number of nitrogens with zero attached hydrogens (tertiary/aromatic N) is 1. The smallest absolute Gasteiger partial charge is 0.290 e. The fourth-order valence-electron chi connectivity index (χ4n) is 2.70. The number of nitrogens with one attached hydrogen (secondary N) is 2. The zero-order valence-electron chi connectivity index (χ0n) is 12.5. The SMILES string of the molecule is COc1cncc([C@@H](NC(=O)c2cc(=O)[nH]o2)C2CC(O)C2)c1. The highest BCUT2D eigenvalue weighted by Crippen LogP contribution is 2.38. The molecule has 1 amide bonds. The van der Waals surface area contributed by atoms with Gasteiger partial charge >= 0.3 is 0 Å². The molecular formula is C15H17N3O5. The topological polar surface area (TPSA) is 117 Å². The van der Waals surface area contributed by atoms with E-state index < -0.39 is 11.5 Å². The van der Waals surface area contributed by atoms with E-state index in [0.29, 0.717) is 18.6 Å². The van der Waals surface area contributed by atoms with E-state index in [9.17, 15) is 14.7 Å². The standard InChI is InChI=1S/C15H17N3O5/c1-22-11-4-9(6-16-7-11)14(8-2-10(19)3-8)17-15(21)12-5-13(20)18-23-12/h4-8,10,14,19H,2-3H2,1H3,(H,17,21)(H,18,20)/t8?,10?,14-/m0/s1. The van der Waals surface area contributed by atoms with Crippen LogP contribution < -0.4 is 15.6 Å². The summed E-state index contributed by atoms with van der Waals surface area (Å²) in [6, 6.07) is 2.52. The molecule has 0 aromatic carbocycles. The second-order valence-corrected chi connectivity index (χ2v) is 5.57. The average Bonchev–Trinajstić information content (AvgIpc) is 2.96. The Bertz CT molecular complexity index is 747. The Balaban J connectivity index is 1.83. The molecule has 3 rings (SSSR count). The summed E-state index contributed by atoms with van der Waals surface area (Å²) < 4.78 is 9.98. The number of aliphatic hydroxyl groups is 1. The van der Waals surface area contributed by atoms with Gasteiger partial charge in [-0.3, -0.25) is 14.6 Å². The fraction of sp³-hybridized carbons (Fsp3) is 0.400. The molecule has 122 valence electrons. The summed E-state index contributed by atoms with van der Waals surface area (Å²) in [6.07, 6.45) is 4.02. The van der Waals surface area contributed by atoms with Gasteiger partial charge in [-0.2, -0.15) is 5.16 Å². The van der Waals surface area contributed by atoms with Crippen LogP contribution >= 0.6 is 0 Å². The molecule has 2 heterocycles. The summed E-state index contributed by atoms with van der Waals surface area (Å²) in [5, 5.41) is 14.5. The van der Waals surface area contributed by atoms with Gasteiger partial charge in [0.1, 0.15) is 5.75 Å². The van der Waals surface area contributed by atoms with Crippen molar-refractivity contribution < 1.29 is 19.2 Å².